The zero-order chi connectivity index (χ0) is 13.1. The van der Waals surface area contributed by atoms with E-state index in [0.29, 0.717) is 5.41 Å². The third-order valence-electron chi connectivity index (χ3n) is 5.34. The molecule has 1 saturated carbocycles. The van der Waals surface area contributed by atoms with Crippen molar-refractivity contribution in [3.05, 3.63) is 11.6 Å². The largest absolute Gasteiger partial charge is 0.329 e. The first kappa shape index (κ1) is 14.1. The van der Waals surface area contributed by atoms with E-state index in [1.807, 2.05) is 0 Å². The normalized spacial score (nSPS) is 31.4. The third-order valence-corrected chi connectivity index (χ3v) is 5.34. The van der Waals surface area contributed by atoms with E-state index in [9.17, 15) is 0 Å². The number of nitrogens with two attached hydrogens (primary N) is 1. The summed E-state index contributed by atoms with van der Waals surface area (Å²) in [5, 5.41) is 3.84. The summed E-state index contributed by atoms with van der Waals surface area (Å²) in [4.78, 5) is 0. The van der Waals surface area contributed by atoms with Gasteiger partial charge in [0.2, 0.25) is 0 Å². The second-order valence-electron chi connectivity index (χ2n) is 6.81. The lowest BCUT2D eigenvalue weighted by atomic mass is 9.63. The Morgan fingerprint density at radius 1 is 1.22 bits per heavy atom. The molecule has 0 spiro atoms. The van der Waals surface area contributed by atoms with E-state index in [4.69, 9.17) is 5.73 Å². The number of hydrogen-bond donors (Lipinski definition) is 2. The van der Waals surface area contributed by atoms with Crippen molar-refractivity contribution in [2.24, 2.45) is 11.1 Å². The van der Waals surface area contributed by atoms with Gasteiger partial charge in [-0.05, 0) is 50.5 Å². The Hall–Kier alpha value is -0.340. The summed E-state index contributed by atoms with van der Waals surface area (Å²) in [6.45, 7) is 6.66. The Bertz CT molecular complexity index is 306. The van der Waals surface area contributed by atoms with Crippen LogP contribution >= 0.6 is 0 Å². The molecule has 0 heterocycles. The van der Waals surface area contributed by atoms with Crippen LogP contribution in [0.1, 0.15) is 65.2 Å². The van der Waals surface area contributed by atoms with Crippen LogP contribution in [0, 0.1) is 5.41 Å². The summed E-state index contributed by atoms with van der Waals surface area (Å²) in [7, 11) is 0. The number of allylic oxidation sites excluding steroid dienone is 1. The molecular formula is C16H30N2. The van der Waals surface area contributed by atoms with Crippen molar-refractivity contribution in [2.75, 3.05) is 13.1 Å². The molecule has 2 aliphatic carbocycles. The Morgan fingerprint density at radius 3 is 2.61 bits per heavy atom. The maximum Gasteiger partial charge on any atom is 0.0355 e. The van der Waals surface area contributed by atoms with Gasteiger partial charge in [-0.2, -0.15) is 0 Å². The van der Waals surface area contributed by atoms with Gasteiger partial charge in [-0.1, -0.05) is 38.3 Å². The minimum Gasteiger partial charge on any atom is -0.329 e. The predicted molar refractivity (Wildman–Crippen MR) is 78.6 cm³/mol. The summed E-state index contributed by atoms with van der Waals surface area (Å²) in [6.07, 6.45) is 12.9. The van der Waals surface area contributed by atoms with Crippen molar-refractivity contribution in [1.82, 2.24) is 5.32 Å². The maximum absolute atomic E-state index is 6.13. The van der Waals surface area contributed by atoms with Crippen LogP contribution in [0.5, 0.6) is 0 Å². The molecule has 0 aromatic carbocycles. The highest BCUT2D eigenvalue weighted by atomic mass is 15.0. The average molecular weight is 250 g/mol. The van der Waals surface area contributed by atoms with Gasteiger partial charge in [-0.3, -0.25) is 0 Å². The SMILES string of the molecule is CC1(C)CCCCC1(CN)NCCC1=CCCC1. The molecule has 2 rings (SSSR count). The molecule has 2 aliphatic rings. The number of nitrogens with one attached hydrogen (secondary N) is 1. The number of rotatable bonds is 5. The molecular weight excluding hydrogens is 220 g/mol. The molecule has 0 aromatic heterocycles. The monoisotopic (exact) mass is 250 g/mol. The molecule has 0 aromatic rings. The second kappa shape index (κ2) is 5.75. The highest BCUT2D eigenvalue weighted by Gasteiger charge is 2.44. The summed E-state index contributed by atoms with van der Waals surface area (Å²) < 4.78 is 0. The fraction of sp³-hybridized carbons (Fsp3) is 0.875. The molecule has 1 unspecified atom stereocenters. The first-order valence-corrected chi connectivity index (χ1v) is 7.73. The van der Waals surface area contributed by atoms with Crippen LogP contribution < -0.4 is 11.1 Å². The van der Waals surface area contributed by atoms with E-state index in [2.05, 4.69) is 25.2 Å². The summed E-state index contributed by atoms with van der Waals surface area (Å²) in [5.41, 5.74) is 8.30. The standard InChI is InChI=1S/C16H30N2/c1-15(2)10-5-6-11-16(15,13-17)18-12-9-14-7-3-4-8-14/h7,18H,3-6,8-13,17H2,1-2H3. The fourth-order valence-corrected chi connectivity index (χ4v) is 3.78. The van der Waals surface area contributed by atoms with E-state index < -0.39 is 0 Å². The van der Waals surface area contributed by atoms with Gasteiger partial charge in [0.15, 0.2) is 0 Å². The summed E-state index contributed by atoms with van der Waals surface area (Å²) in [6, 6.07) is 0. The van der Waals surface area contributed by atoms with Gasteiger partial charge in [-0.15, -0.1) is 0 Å². The second-order valence-corrected chi connectivity index (χ2v) is 6.81. The predicted octanol–water partition coefficient (Wildman–Crippen LogP) is 3.37. The summed E-state index contributed by atoms with van der Waals surface area (Å²) >= 11 is 0. The Labute approximate surface area is 112 Å². The Balaban J connectivity index is 1.90. The molecule has 104 valence electrons. The van der Waals surface area contributed by atoms with Crippen LogP contribution in [0.2, 0.25) is 0 Å². The zero-order valence-corrected chi connectivity index (χ0v) is 12.2. The van der Waals surface area contributed by atoms with Crippen LogP contribution in [0.15, 0.2) is 11.6 Å². The van der Waals surface area contributed by atoms with Crippen molar-refractivity contribution in [3.8, 4) is 0 Å². The molecule has 18 heavy (non-hydrogen) atoms. The van der Waals surface area contributed by atoms with Gasteiger partial charge in [-0.25, -0.2) is 0 Å². The molecule has 0 aliphatic heterocycles. The highest BCUT2D eigenvalue weighted by Crippen LogP contribution is 2.43. The fourth-order valence-electron chi connectivity index (χ4n) is 3.78. The van der Waals surface area contributed by atoms with Gasteiger partial charge in [0.25, 0.3) is 0 Å². The van der Waals surface area contributed by atoms with Gasteiger partial charge < -0.3 is 11.1 Å². The molecule has 0 amide bonds. The van der Waals surface area contributed by atoms with E-state index in [1.54, 1.807) is 5.57 Å². The van der Waals surface area contributed by atoms with Crippen molar-refractivity contribution in [1.29, 1.82) is 0 Å². The Kier molecular flexibility index (Phi) is 4.50. The van der Waals surface area contributed by atoms with Gasteiger partial charge in [0.1, 0.15) is 0 Å². The van der Waals surface area contributed by atoms with Crippen LogP contribution in [0.25, 0.3) is 0 Å². The molecule has 1 fully saturated rings. The molecule has 1 atom stereocenters. The van der Waals surface area contributed by atoms with Crippen LogP contribution in [0.3, 0.4) is 0 Å². The van der Waals surface area contributed by atoms with Crippen LogP contribution in [-0.4, -0.2) is 18.6 Å². The van der Waals surface area contributed by atoms with E-state index >= 15 is 0 Å². The van der Waals surface area contributed by atoms with Gasteiger partial charge in [0, 0.05) is 12.1 Å². The van der Waals surface area contributed by atoms with Gasteiger partial charge >= 0.3 is 0 Å². The summed E-state index contributed by atoms with van der Waals surface area (Å²) in [5.74, 6) is 0. The molecule has 0 bridgehead atoms. The lowest BCUT2D eigenvalue weighted by Crippen LogP contribution is -2.62. The molecule has 0 radical (unpaired) electrons. The number of hydrogen-bond acceptors (Lipinski definition) is 2. The minimum absolute atomic E-state index is 0.171. The average Bonchev–Trinajstić information content (AvgIpc) is 2.84. The first-order chi connectivity index (χ1) is 8.60. The lowest BCUT2D eigenvalue weighted by molar-refractivity contribution is 0.0697. The lowest BCUT2D eigenvalue weighted by Gasteiger charge is -2.50. The molecule has 2 heteroatoms. The smallest absolute Gasteiger partial charge is 0.0355 e. The minimum atomic E-state index is 0.171. The molecule has 0 saturated heterocycles. The zero-order valence-electron chi connectivity index (χ0n) is 12.2. The van der Waals surface area contributed by atoms with Crippen LogP contribution in [0.4, 0.5) is 0 Å². The van der Waals surface area contributed by atoms with Crippen LogP contribution in [-0.2, 0) is 0 Å². The quantitative estimate of drug-likeness (QED) is 0.734. The van der Waals surface area contributed by atoms with E-state index in [0.717, 1.165) is 13.1 Å². The van der Waals surface area contributed by atoms with Crippen molar-refractivity contribution >= 4 is 0 Å². The highest BCUT2D eigenvalue weighted by molar-refractivity contribution is 5.09. The van der Waals surface area contributed by atoms with Gasteiger partial charge in [0.05, 0.1) is 0 Å². The van der Waals surface area contributed by atoms with E-state index in [1.165, 1.54) is 51.4 Å². The molecule has 2 nitrogen and oxygen atoms in total. The van der Waals surface area contributed by atoms with Crippen molar-refractivity contribution in [3.63, 3.8) is 0 Å². The van der Waals surface area contributed by atoms with Crippen molar-refractivity contribution < 1.29 is 0 Å². The first-order valence-electron chi connectivity index (χ1n) is 7.73. The third kappa shape index (κ3) is 2.80. The molecule has 3 N–H and O–H groups in total. The topological polar surface area (TPSA) is 38.0 Å². The van der Waals surface area contributed by atoms with E-state index in [-0.39, 0.29) is 5.54 Å². The Morgan fingerprint density at radius 2 is 2.00 bits per heavy atom. The maximum atomic E-state index is 6.13. The van der Waals surface area contributed by atoms with Crippen molar-refractivity contribution in [2.45, 2.75) is 70.8 Å².